The molecule has 3 aliphatic rings. The number of rotatable bonds is 3. The van der Waals surface area contributed by atoms with Crippen molar-refractivity contribution in [3.63, 3.8) is 0 Å². The van der Waals surface area contributed by atoms with Crippen LogP contribution in [0.2, 0.25) is 0 Å². The maximum Gasteiger partial charge on any atom is 0.209 e. The highest BCUT2D eigenvalue weighted by molar-refractivity contribution is 6.32. The van der Waals surface area contributed by atoms with E-state index in [0.717, 1.165) is 67.7 Å². The van der Waals surface area contributed by atoms with E-state index in [1.165, 1.54) is 12.1 Å². The number of hydrogen-bond acceptors (Lipinski definition) is 1. The molecular formula is C33H38ClF2N3+2. The first-order chi connectivity index (χ1) is 18.1. The second-order valence-corrected chi connectivity index (χ2v) is 13.1. The van der Waals surface area contributed by atoms with E-state index in [9.17, 15) is 8.78 Å². The molecule has 3 aliphatic heterocycles. The Morgan fingerprint density at radius 1 is 0.897 bits per heavy atom. The molecule has 0 saturated carbocycles. The van der Waals surface area contributed by atoms with Gasteiger partial charge in [0.05, 0.1) is 24.5 Å². The third-order valence-corrected chi connectivity index (χ3v) is 9.12. The highest BCUT2D eigenvalue weighted by Gasteiger charge is 2.43. The van der Waals surface area contributed by atoms with Crippen LogP contribution in [0.5, 0.6) is 0 Å². The van der Waals surface area contributed by atoms with Gasteiger partial charge in [0.1, 0.15) is 31.8 Å². The minimum absolute atomic E-state index is 0.217. The van der Waals surface area contributed by atoms with Crippen LogP contribution in [-0.4, -0.2) is 56.1 Å². The first-order valence-electron chi connectivity index (χ1n) is 13.4. The fourth-order valence-electron chi connectivity index (χ4n) is 6.55. The number of allylic oxidation sites excluding steroid dienone is 4. The van der Waals surface area contributed by atoms with Gasteiger partial charge in [-0.25, -0.2) is 8.78 Å². The van der Waals surface area contributed by atoms with Gasteiger partial charge in [-0.3, -0.25) is 0 Å². The van der Waals surface area contributed by atoms with E-state index in [2.05, 4.69) is 75.6 Å². The number of halogens is 3. The Labute approximate surface area is 236 Å². The molecule has 0 spiro atoms. The van der Waals surface area contributed by atoms with Crippen LogP contribution >= 0.6 is 11.6 Å². The minimum atomic E-state index is -0.328. The molecule has 0 amide bonds. The Bertz CT molecular complexity index is 1540. The average molecular weight is 550 g/mol. The standard InChI is InChI=1S/C33H38ClF2N3/c1-32(2)25-17-23(35)11-13-27(25)37(5)29(32)15-9-21-19-39(7,8)20-22(31(21)34)10-16-30-33(3,4)26-18-24(36)12-14-28(26)38(30)6/h9-18H,19-20H2,1-8H3/q+2. The van der Waals surface area contributed by atoms with E-state index < -0.39 is 0 Å². The van der Waals surface area contributed by atoms with Gasteiger partial charge >= 0.3 is 0 Å². The van der Waals surface area contributed by atoms with Gasteiger partial charge in [-0.05, 0) is 61.9 Å². The molecule has 0 fully saturated rings. The van der Waals surface area contributed by atoms with Gasteiger partial charge in [0.25, 0.3) is 0 Å². The van der Waals surface area contributed by atoms with Gasteiger partial charge in [-0.2, -0.15) is 4.58 Å². The van der Waals surface area contributed by atoms with Crippen molar-refractivity contribution in [1.29, 1.82) is 0 Å². The van der Waals surface area contributed by atoms with E-state index in [-0.39, 0.29) is 22.5 Å². The summed E-state index contributed by atoms with van der Waals surface area (Å²) in [7, 11) is 8.48. The molecule has 0 bridgehead atoms. The van der Waals surface area contributed by atoms with Crippen molar-refractivity contribution in [2.45, 2.75) is 38.5 Å². The van der Waals surface area contributed by atoms with E-state index in [0.29, 0.717) is 0 Å². The number of nitrogens with zero attached hydrogens (tertiary/aromatic N) is 3. The summed E-state index contributed by atoms with van der Waals surface area (Å²) in [6.45, 7) is 10.1. The summed E-state index contributed by atoms with van der Waals surface area (Å²) in [5.74, 6) is -0.434. The van der Waals surface area contributed by atoms with Crippen molar-refractivity contribution in [3.8, 4) is 0 Å². The van der Waals surface area contributed by atoms with Gasteiger partial charge < -0.3 is 9.38 Å². The third-order valence-electron chi connectivity index (χ3n) is 8.64. The van der Waals surface area contributed by atoms with Crippen molar-refractivity contribution >= 4 is 28.7 Å². The molecule has 204 valence electrons. The Morgan fingerprint density at radius 3 is 2.23 bits per heavy atom. The first-order valence-corrected chi connectivity index (χ1v) is 13.8. The Hall–Kier alpha value is -3.02. The Balaban J connectivity index is 1.51. The van der Waals surface area contributed by atoms with Gasteiger partial charge in [0, 0.05) is 52.7 Å². The monoisotopic (exact) mass is 549 g/mol. The van der Waals surface area contributed by atoms with Gasteiger partial charge in [-0.15, -0.1) is 0 Å². The van der Waals surface area contributed by atoms with Gasteiger partial charge in [0.15, 0.2) is 5.71 Å². The smallest absolute Gasteiger partial charge is 0.209 e. The Kier molecular flexibility index (Phi) is 6.55. The van der Waals surface area contributed by atoms with Crippen LogP contribution in [0.1, 0.15) is 38.8 Å². The van der Waals surface area contributed by atoms with Crippen LogP contribution in [-0.2, 0) is 10.8 Å². The van der Waals surface area contributed by atoms with Crippen LogP contribution < -0.4 is 4.90 Å². The van der Waals surface area contributed by atoms with Crippen molar-refractivity contribution < 1.29 is 17.8 Å². The molecule has 0 aromatic heterocycles. The zero-order valence-corrected chi connectivity index (χ0v) is 24.9. The van der Waals surface area contributed by atoms with Gasteiger partial charge in [0.2, 0.25) is 5.69 Å². The molecule has 0 aliphatic carbocycles. The number of anilines is 1. The van der Waals surface area contributed by atoms with Crippen LogP contribution in [0.3, 0.4) is 0 Å². The molecule has 2 aromatic carbocycles. The lowest BCUT2D eigenvalue weighted by Gasteiger charge is -2.35. The summed E-state index contributed by atoms with van der Waals surface area (Å²) in [4.78, 5) is 2.14. The molecule has 5 rings (SSSR count). The molecule has 0 N–H and O–H groups in total. The number of quaternary nitrogens is 1. The lowest BCUT2D eigenvalue weighted by molar-refractivity contribution is -0.881. The van der Waals surface area contributed by atoms with E-state index in [4.69, 9.17) is 11.6 Å². The summed E-state index contributed by atoms with van der Waals surface area (Å²) in [6, 6.07) is 10.0. The summed E-state index contributed by atoms with van der Waals surface area (Å²) in [5, 5.41) is 0.769. The molecule has 39 heavy (non-hydrogen) atoms. The minimum Gasteiger partial charge on any atom is -0.347 e. The molecule has 3 heterocycles. The second kappa shape index (κ2) is 9.28. The first kappa shape index (κ1) is 27.5. The summed E-state index contributed by atoms with van der Waals surface area (Å²) in [5.41, 5.74) is 7.71. The summed E-state index contributed by atoms with van der Waals surface area (Å²) < 4.78 is 31.0. The fourth-order valence-corrected chi connectivity index (χ4v) is 6.80. The van der Waals surface area contributed by atoms with E-state index in [1.807, 2.05) is 26.2 Å². The number of hydrogen-bond donors (Lipinski definition) is 0. The second-order valence-electron chi connectivity index (χ2n) is 12.7. The molecule has 0 unspecified atom stereocenters. The predicted octanol–water partition coefficient (Wildman–Crippen LogP) is 7.35. The topological polar surface area (TPSA) is 6.25 Å². The number of benzene rings is 2. The number of likely N-dealkylation sites (N-methyl/N-ethyl adjacent to an activating group) is 2. The van der Waals surface area contributed by atoms with Crippen molar-refractivity contribution in [2.24, 2.45) is 0 Å². The van der Waals surface area contributed by atoms with E-state index >= 15 is 0 Å². The Morgan fingerprint density at radius 2 is 1.54 bits per heavy atom. The molecule has 6 heteroatoms. The molecule has 2 aromatic rings. The maximum atomic E-state index is 14.1. The maximum absolute atomic E-state index is 14.1. The van der Waals surface area contributed by atoms with Crippen molar-refractivity contribution in [2.75, 3.05) is 46.2 Å². The van der Waals surface area contributed by atoms with Crippen LogP contribution in [0.4, 0.5) is 20.2 Å². The molecule has 3 nitrogen and oxygen atoms in total. The molecule has 0 radical (unpaired) electrons. The van der Waals surface area contributed by atoms with Crippen molar-refractivity contribution in [3.05, 3.63) is 105 Å². The largest absolute Gasteiger partial charge is 0.347 e. The molecule has 0 atom stereocenters. The lowest BCUT2D eigenvalue weighted by Crippen LogP contribution is -2.45. The lowest BCUT2D eigenvalue weighted by atomic mass is 9.81. The van der Waals surface area contributed by atoms with Gasteiger partial charge in [-0.1, -0.05) is 31.5 Å². The normalized spacial score (nSPS) is 23.4. The predicted molar refractivity (Wildman–Crippen MR) is 158 cm³/mol. The van der Waals surface area contributed by atoms with Crippen LogP contribution in [0.15, 0.2) is 82.6 Å². The van der Waals surface area contributed by atoms with Crippen LogP contribution in [0, 0.1) is 11.6 Å². The van der Waals surface area contributed by atoms with Crippen molar-refractivity contribution in [1.82, 2.24) is 0 Å². The van der Waals surface area contributed by atoms with Crippen LogP contribution in [0.25, 0.3) is 0 Å². The fraction of sp³-hybridized carbons (Fsp3) is 0.364. The third kappa shape index (κ3) is 4.60. The zero-order valence-electron chi connectivity index (χ0n) is 24.2. The SMILES string of the molecule is CN1/C(=C/C=C2\C[N+](C)(C)CC(/C=C/C3=[N+](C)c4ccc(F)cc4C3(C)C)=C2Cl)C(C)(C)c2cc(F)ccc21. The highest BCUT2D eigenvalue weighted by Crippen LogP contribution is 2.47. The molecular weight excluding hydrogens is 512 g/mol. The highest BCUT2D eigenvalue weighted by atomic mass is 35.5. The number of fused-ring (bicyclic) bond motifs is 2. The summed E-state index contributed by atoms with van der Waals surface area (Å²) in [6.07, 6.45) is 8.53. The average Bonchev–Trinajstić information content (AvgIpc) is 3.15. The van der Waals surface area contributed by atoms with E-state index in [1.54, 1.807) is 12.1 Å². The molecule has 0 saturated heterocycles. The summed E-state index contributed by atoms with van der Waals surface area (Å²) >= 11 is 7.07. The zero-order chi connectivity index (χ0) is 28.5. The quantitative estimate of drug-likeness (QED) is 0.286.